The zero-order valence-corrected chi connectivity index (χ0v) is 18.8. The van der Waals surface area contributed by atoms with Crippen LogP contribution in [-0.4, -0.2) is 27.9 Å². The Balaban J connectivity index is 1.46. The first kappa shape index (κ1) is 21.1. The topological polar surface area (TPSA) is 105 Å². The molecule has 168 valence electrons. The van der Waals surface area contributed by atoms with Gasteiger partial charge in [-0.25, -0.2) is 4.90 Å². The molecule has 8 heteroatoms. The van der Waals surface area contributed by atoms with Gasteiger partial charge in [-0.05, 0) is 62.1 Å². The van der Waals surface area contributed by atoms with Gasteiger partial charge in [-0.3, -0.25) is 14.4 Å². The third-order valence-corrected chi connectivity index (χ3v) is 6.52. The first-order chi connectivity index (χ1) is 15.8. The van der Waals surface area contributed by atoms with E-state index in [2.05, 4.69) is 15.5 Å². The lowest BCUT2D eigenvalue weighted by atomic mass is 9.95. The zero-order chi connectivity index (χ0) is 23.3. The Labute approximate surface area is 191 Å². The number of carbonyl (C=O) groups is 3. The molecule has 3 amide bonds. The maximum Gasteiger partial charge on any atom is 0.266 e. The van der Waals surface area contributed by atoms with Gasteiger partial charge in [0.25, 0.3) is 17.7 Å². The largest absolute Gasteiger partial charge is 0.340 e. The molecule has 1 saturated carbocycles. The summed E-state index contributed by atoms with van der Waals surface area (Å²) in [5.74, 6) is -0.237. The van der Waals surface area contributed by atoms with Crippen LogP contribution in [0.15, 0.2) is 40.9 Å². The molecule has 2 heterocycles. The lowest BCUT2D eigenvalue weighted by molar-refractivity contribution is 0.0889. The SMILES string of the molecule is Cc1ccc(C)c(N2C(=O)c3ccc(C(=O)NC4(c5noc(C)n5)CCCC4)cc3C2=O)c1. The quantitative estimate of drug-likeness (QED) is 0.610. The van der Waals surface area contributed by atoms with Crippen LogP contribution in [0.4, 0.5) is 5.69 Å². The van der Waals surface area contributed by atoms with Crippen LogP contribution in [0, 0.1) is 20.8 Å². The summed E-state index contributed by atoms with van der Waals surface area (Å²) >= 11 is 0. The number of nitrogens with one attached hydrogen (secondary N) is 1. The fourth-order valence-electron chi connectivity index (χ4n) is 4.73. The number of carbonyl (C=O) groups excluding carboxylic acids is 3. The highest BCUT2D eigenvalue weighted by Crippen LogP contribution is 2.38. The van der Waals surface area contributed by atoms with E-state index in [9.17, 15) is 14.4 Å². The van der Waals surface area contributed by atoms with Crippen LogP contribution < -0.4 is 10.2 Å². The van der Waals surface area contributed by atoms with Gasteiger partial charge in [0.05, 0.1) is 16.8 Å². The number of hydrogen-bond donors (Lipinski definition) is 1. The molecule has 0 radical (unpaired) electrons. The summed E-state index contributed by atoms with van der Waals surface area (Å²) in [7, 11) is 0. The molecule has 0 atom stereocenters. The highest BCUT2D eigenvalue weighted by atomic mass is 16.5. The number of amides is 3. The van der Waals surface area contributed by atoms with Crippen molar-refractivity contribution in [3.8, 4) is 0 Å². The number of fused-ring (bicyclic) bond motifs is 1. The molecule has 2 aliphatic rings. The molecule has 1 aliphatic carbocycles. The molecule has 33 heavy (non-hydrogen) atoms. The minimum Gasteiger partial charge on any atom is -0.340 e. The highest BCUT2D eigenvalue weighted by Gasteiger charge is 2.42. The van der Waals surface area contributed by atoms with Crippen molar-refractivity contribution in [3.63, 3.8) is 0 Å². The van der Waals surface area contributed by atoms with Crippen LogP contribution in [0.25, 0.3) is 0 Å². The van der Waals surface area contributed by atoms with E-state index in [1.807, 2.05) is 32.0 Å². The van der Waals surface area contributed by atoms with Crippen LogP contribution in [-0.2, 0) is 5.54 Å². The number of benzene rings is 2. The number of hydrogen-bond acceptors (Lipinski definition) is 6. The second-order valence-corrected chi connectivity index (χ2v) is 8.88. The van der Waals surface area contributed by atoms with Gasteiger partial charge in [-0.1, -0.05) is 30.1 Å². The summed E-state index contributed by atoms with van der Waals surface area (Å²) in [5.41, 5.74) is 2.47. The maximum atomic E-state index is 13.2. The predicted octanol–water partition coefficient (Wildman–Crippen LogP) is 3.99. The fourth-order valence-corrected chi connectivity index (χ4v) is 4.73. The molecule has 1 aromatic heterocycles. The Morgan fingerprint density at radius 3 is 2.42 bits per heavy atom. The van der Waals surface area contributed by atoms with Crippen LogP contribution >= 0.6 is 0 Å². The zero-order valence-electron chi connectivity index (χ0n) is 18.8. The summed E-state index contributed by atoms with van der Waals surface area (Å²) in [6, 6.07) is 10.3. The van der Waals surface area contributed by atoms with Crippen LogP contribution in [0.3, 0.4) is 0 Å². The molecule has 5 rings (SSSR count). The maximum absolute atomic E-state index is 13.2. The van der Waals surface area contributed by atoms with Gasteiger partial charge in [-0.15, -0.1) is 0 Å². The standard InChI is InChI=1S/C25H24N4O4/c1-14-6-7-15(2)20(12-14)29-22(31)18-9-8-17(13-19(18)23(29)32)21(30)27-25(10-4-5-11-25)24-26-16(3)33-28-24/h6-9,12-13H,4-5,10-11H2,1-3H3,(H,27,30). The number of rotatable bonds is 4. The lowest BCUT2D eigenvalue weighted by Crippen LogP contribution is -2.44. The number of nitrogens with zero attached hydrogens (tertiary/aromatic N) is 3. The lowest BCUT2D eigenvalue weighted by Gasteiger charge is -2.26. The van der Waals surface area contributed by atoms with Crippen molar-refractivity contribution in [1.29, 1.82) is 0 Å². The molecule has 8 nitrogen and oxygen atoms in total. The third-order valence-electron chi connectivity index (χ3n) is 6.52. The van der Waals surface area contributed by atoms with E-state index in [0.717, 1.165) is 24.0 Å². The minimum atomic E-state index is -0.696. The second-order valence-electron chi connectivity index (χ2n) is 8.88. The molecule has 0 unspecified atom stereocenters. The van der Waals surface area contributed by atoms with E-state index in [4.69, 9.17) is 4.52 Å². The normalized spacial score (nSPS) is 16.9. The Morgan fingerprint density at radius 1 is 1.00 bits per heavy atom. The molecule has 0 spiro atoms. The highest BCUT2D eigenvalue weighted by molar-refractivity contribution is 6.35. The number of imide groups is 1. The smallest absolute Gasteiger partial charge is 0.266 e. The first-order valence-electron chi connectivity index (χ1n) is 11.0. The Hall–Kier alpha value is -3.81. The molecule has 0 saturated heterocycles. The van der Waals surface area contributed by atoms with E-state index in [1.165, 1.54) is 11.0 Å². The summed E-state index contributed by atoms with van der Waals surface area (Å²) in [6.07, 6.45) is 3.30. The van der Waals surface area contributed by atoms with Gasteiger partial charge in [0.15, 0.2) is 5.82 Å². The van der Waals surface area contributed by atoms with E-state index < -0.39 is 11.4 Å². The summed E-state index contributed by atoms with van der Waals surface area (Å²) in [5, 5.41) is 7.13. The van der Waals surface area contributed by atoms with Crippen molar-refractivity contribution in [2.75, 3.05) is 4.90 Å². The Kier molecular flexibility index (Phi) is 4.88. The van der Waals surface area contributed by atoms with Crippen molar-refractivity contribution in [1.82, 2.24) is 15.5 Å². The third kappa shape index (κ3) is 3.42. The summed E-state index contributed by atoms with van der Waals surface area (Å²) in [6.45, 7) is 5.48. The van der Waals surface area contributed by atoms with Gasteiger partial charge in [0.1, 0.15) is 5.54 Å². The average molecular weight is 444 g/mol. The predicted molar refractivity (Wildman–Crippen MR) is 120 cm³/mol. The molecule has 1 fully saturated rings. The molecular formula is C25H24N4O4. The van der Waals surface area contributed by atoms with Gasteiger partial charge < -0.3 is 9.84 Å². The fraction of sp³-hybridized carbons (Fsp3) is 0.320. The number of aromatic nitrogens is 2. The number of anilines is 1. The van der Waals surface area contributed by atoms with Crippen LogP contribution in [0.5, 0.6) is 0 Å². The van der Waals surface area contributed by atoms with Crippen LogP contribution in [0.1, 0.15) is 79.6 Å². The molecule has 1 aliphatic heterocycles. The molecule has 2 aromatic carbocycles. The summed E-state index contributed by atoms with van der Waals surface area (Å²) in [4.78, 5) is 45.0. The van der Waals surface area contributed by atoms with Crippen molar-refractivity contribution in [2.24, 2.45) is 0 Å². The average Bonchev–Trinajstić information content (AvgIpc) is 3.50. The molecule has 3 aromatic rings. The van der Waals surface area contributed by atoms with Crippen molar-refractivity contribution in [3.05, 3.63) is 75.9 Å². The second kappa shape index (κ2) is 7.65. The van der Waals surface area contributed by atoms with Gasteiger partial charge in [0.2, 0.25) is 5.89 Å². The van der Waals surface area contributed by atoms with Crippen molar-refractivity contribution < 1.29 is 18.9 Å². The monoisotopic (exact) mass is 444 g/mol. The molecule has 1 N–H and O–H groups in total. The van der Waals surface area contributed by atoms with Gasteiger partial charge in [0, 0.05) is 12.5 Å². The number of aryl methyl sites for hydroxylation is 3. The van der Waals surface area contributed by atoms with Gasteiger partial charge in [-0.2, -0.15) is 4.98 Å². The molecule has 0 bridgehead atoms. The molecular weight excluding hydrogens is 420 g/mol. The summed E-state index contributed by atoms with van der Waals surface area (Å²) < 4.78 is 5.15. The van der Waals surface area contributed by atoms with Crippen molar-refractivity contribution in [2.45, 2.75) is 52.0 Å². The van der Waals surface area contributed by atoms with E-state index in [1.54, 1.807) is 19.1 Å². The minimum absolute atomic E-state index is 0.226. The van der Waals surface area contributed by atoms with E-state index in [0.29, 0.717) is 41.4 Å². The van der Waals surface area contributed by atoms with Crippen molar-refractivity contribution >= 4 is 23.4 Å². The van der Waals surface area contributed by atoms with E-state index >= 15 is 0 Å². The Morgan fingerprint density at radius 2 is 1.73 bits per heavy atom. The van der Waals surface area contributed by atoms with E-state index in [-0.39, 0.29) is 17.4 Å². The first-order valence-corrected chi connectivity index (χ1v) is 11.0. The Bertz CT molecular complexity index is 1300. The van der Waals surface area contributed by atoms with Gasteiger partial charge >= 0.3 is 0 Å². The van der Waals surface area contributed by atoms with Crippen LogP contribution in [0.2, 0.25) is 0 Å².